The monoisotopic (exact) mass is 313 g/mol. The van der Waals surface area contributed by atoms with E-state index in [0.717, 1.165) is 12.8 Å². The Kier molecular flexibility index (Phi) is 4.88. The molecule has 0 spiro atoms. The highest BCUT2D eigenvalue weighted by Gasteiger charge is 2.28. The summed E-state index contributed by atoms with van der Waals surface area (Å²) in [5.41, 5.74) is -0.495. The fourth-order valence-electron chi connectivity index (χ4n) is 2.08. The number of rotatable bonds is 2. The van der Waals surface area contributed by atoms with Gasteiger partial charge in [0.2, 0.25) is 5.88 Å². The van der Waals surface area contributed by atoms with Crippen LogP contribution in [0.25, 0.3) is 0 Å². The first-order chi connectivity index (χ1) is 9.83. The Morgan fingerprint density at radius 3 is 2.86 bits per heavy atom. The maximum Gasteiger partial charge on any atom is 0.410 e. The normalized spacial score (nSPS) is 19.2. The second kappa shape index (κ2) is 6.47. The Balaban J connectivity index is 1.93. The minimum absolute atomic E-state index is 0.114. The lowest BCUT2D eigenvalue weighted by molar-refractivity contribution is 0.00720. The van der Waals surface area contributed by atoms with Gasteiger partial charge in [-0.25, -0.2) is 14.8 Å². The molecular formula is C14H20ClN3O3. The molecule has 1 atom stereocenters. The number of ether oxygens (including phenoxy) is 2. The van der Waals surface area contributed by atoms with Crippen molar-refractivity contribution < 1.29 is 14.3 Å². The maximum atomic E-state index is 12.1. The van der Waals surface area contributed by atoms with E-state index in [1.807, 2.05) is 20.8 Å². The molecule has 1 aliphatic rings. The Morgan fingerprint density at radius 2 is 2.19 bits per heavy atom. The van der Waals surface area contributed by atoms with E-state index in [0.29, 0.717) is 24.1 Å². The minimum atomic E-state index is -0.495. The first-order valence-corrected chi connectivity index (χ1v) is 7.33. The van der Waals surface area contributed by atoms with Gasteiger partial charge in [-0.05, 0) is 33.6 Å². The number of hydrogen-bond acceptors (Lipinski definition) is 5. The van der Waals surface area contributed by atoms with Crippen LogP contribution in [0.15, 0.2) is 12.4 Å². The molecule has 1 aromatic heterocycles. The van der Waals surface area contributed by atoms with Gasteiger partial charge < -0.3 is 14.4 Å². The van der Waals surface area contributed by atoms with Gasteiger partial charge in [-0.2, -0.15) is 0 Å². The van der Waals surface area contributed by atoms with Gasteiger partial charge in [-0.3, -0.25) is 0 Å². The largest absolute Gasteiger partial charge is 0.472 e. The molecule has 6 nitrogen and oxygen atoms in total. The van der Waals surface area contributed by atoms with E-state index in [1.165, 1.54) is 6.33 Å². The summed E-state index contributed by atoms with van der Waals surface area (Å²) in [4.78, 5) is 21.6. The van der Waals surface area contributed by atoms with Gasteiger partial charge in [0.05, 0.1) is 6.54 Å². The third kappa shape index (κ3) is 5.04. The summed E-state index contributed by atoms with van der Waals surface area (Å²) < 4.78 is 11.1. The van der Waals surface area contributed by atoms with Crippen molar-refractivity contribution in [3.63, 3.8) is 0 Å². The lowest BCUT2D eigenvalue weighted by Crippen LogP contribution is -2.46. The number of halogens is 1. The quantitative estimate of drug-likeness (QED) is 0.785. The van der Waals surface area contributed by atoms with Crippen molar-refractivity contribution in [2.45, 2.75) is 45.3 Å². The van der Waals surface area contributed by atoms with Gasteiger partial charge in [0.1, 0.15) is 23.2 Å². The van der Waals surface area contributed by atoms with Gasteiger partial charge in [0.25, 0.3) is 0 Å². The molecule has 0 radical (unpaired) electrons. The van der Waals surface area contributed by atoms with Crippen LogP contribution in [0.1, 0.15) is 33.6 Å². The van der Waals surface area contributed by atoms with Crippen molar-refractivity contribution in [1.82, 2.24) is 14.9 Å². The Morgan fingerprint density at radius 1 is 1.43 bits per heavy atom. The first kappa shape index (κ1) is 15.8. The van der Waals surface area contributed by atoms with Gasteiger partial charge in [0.15, 0.2) is 0 Å². The lowest BCUT2D eigenvalue weighted by Gasteiger charge is -2.33. The highest BCUT2D eigenvalue weighted by molar-refractivity contribution is 6.29. The Bertz CT molecular complexity index is 504. The van der Waals surface area contributed by atoms with Gasteiger partial charge in [-0.15, -0.1) is 0 Å². The van der Waals surface area contributed by atoms with Crippen molar-refractivity contribution in [3.05, 3.63) is 17.5 Å². The van der Waals surface area contributed by atoms with E-state index in [2.05, 4.69) is 9.97 Å². The maximum absolute atomic E-state index is 12.1. The summed E-state index contributed by atoms with van der Waals surface area (Å²) in [5.74, 6) is 0.422. The van der Waals surface area contributed by atoms with E-state index in [4.69, 9.17) is 21.1 Å². The Hall–Kier alpha value is -1.56. The zero-order valence-electron chi connectivity index (χ0n) is 12.5. The zero-order chi connectivity index (χ0) is 15.5. The average molecular weight is 314 g/mol. The third-order valence-corrected chi connectivity index (χ3v) is 3.13. The van der Waals surface area contributed by atoms with Crippen molar-refractivity contribution in [3.8, 4) is 5.88 Å². The second-order valence-electron chi connectivity index (χ2n) is 5.99. The van der Waals surface area contributed by atoms with Crippen LogP contribution >= 0.6 is 11.6 Å². The predicted molar refractivity (Wildman–Crippen MR) is 78.5 cm³/mol. The second-order valence-corrected chi connectivity index (χ2v) is 6.37. The number of carbonyl (C=O) groups is 1. The summed E-state index contributed by atoms with van der Waals surface area (Å²) in [6.07, 6.45) is 2.66. The molecule has 0 N–H and O–H groups in total. The van der Waals surface area contributed by atoms with Crippen LogP contribution in [0, 0.1) is 0 Å². The molecule has 0 unspecified atom stereocenters. The van der Waals surface area contributed by atoms with Crippen molar-refractivity contribution in [1.29, 1.82) is 0 Å². The Labute approximate surface area is 129 Å². The predicted octanol–water partition coefficient (Wildman–Crippen LogP) is 2.91. The number of aromatic nitrogens is 2. The van der Waals surface area contributed by atoms with E-state index < -0.39 is 5.60 Å². The number of nitrogens with zero attached hydrogens (tertiary/aromatic N) is 3. The highest BCUT2D eigenvalue weighted by atomic mass is 35.5. The van der Waals surface area contributed by atoms with E-state index in [9.17, 15) is 4.79 Å². The van der Waals surface area contributed by atoms with E-state index in [-0.39, 0.29) is 12.2 Å². The van der Waals surface area contributed by atoms with Gasteiger partial charge >= 0.3 is 6.09 Å². The summed E-state index contributed by atoms with van der Waals surface area (Å²) in [6, 6.07) is 1.56. The molecule has 1 saturated heterocycles. The average Bonchev–Trinajstić information content (AvgIpc) is 2.37. The lowest BCUT2D eigenvalue weighted by atomic mass is 10.1. The fourth-order valence-corrected chi connectivity index (χ4v) is 2.22. The molecule has 1 aromatic rings. The van der Waals surface area contributed by atoms with Crippen LogP contribution in [-0.4, -0.2) is 45.8 Å². The molecule has 0 aromatic carbocycles. The van der Waals surface area contributed by atoms with E-state index in [1.54, 1.807) is 11.0 Å². The summed E-state index contributed by atoms with van der Waals surface area (Å²) >= 11 is 5.80. The topological polar surface area (TPSA) is 64.5 Å². The third-order valence-electron chi connectivity index (χ3n) is 2.93. The van der Waals surface area contributed by atoms with Crippen LogP contribution in [-0.2, 0) is 4.74 Å². The van der Waals surface area contributed by atoms with Crippen LogP contribution in [0.4, 0.5) is 4.79 Å². The van der Waals surface area contributed by atoms with Gasteiger partial charge in [0, 0.05) is 12.6 Å². The summed E-state index contributed by atoms with van der Waals surface area (Å²) in [5, 5.41) is 0.333. The van der Waals surface area contributed by atoms with Crippen molar-refractivity contribution >= 4 is 17.7 Å². The molecule has 2 heterocycles. The number of carbonyl (C=O) groups excluding carboxylic acids is 1. The summed E-state index contributed by atoms with van der Waals surface area (Å²) in [6.45, 7) is 6.72. The highest BCUT2D eigenvalue weighted by Crippen LogP contribution is 2.20. The van der Waals surface area contributed by atoms with Crippen molar-refractivity contribution in [2.24, 2.45) is 0 Å². The molecule has 21 heavy (non-hydrogen) atoms. The molecular weight excluding hydrogens is 294 g/mol. The zero-order valence-corrected chi connectivity index (χ0v) is 13.3. The molecule has 1 fully saturated rings. The van der Waals surface area contributed by atoms with Gasteiger partial charge in [-0.1, -0.05) is 11.6 Å². The minimum Gasteiger partial charge on any atom is -0.472 e. The number of likely N-dealkylation sites (tertiary alicyclic amines) is 1. The molecule has 1 aliphatic heterocycles. The fraction of sp³-hybridized carbons (Fsp3) is 0.643. The number of piperidine rings is 1. The number of hydrogen-bond donors (Lipinski definition) is 0. The first-order valence-electron chi connectivity index (χ1n) is 6.95. The molecule has 0 aliphatic carbocycles. The molecule has 116 valence electrons. The molecule has 0 saturated carbocycles. The van der Waals surface area contributed by atoms with Crippen LogP contribution in [0.3, 0.4) is 0 Å². The van der Waals surface area contributed by atoms with Crippen molar-refractivity contribution in [2.75, 3.05) is 13.1 Å². The summed E-state index contributed by atoms with van der Waals surface area (Å²) in [7, 11) is 0. The smallest absolute Gasteiger partial charge is 0.410 e. The molecule has 0 bridgehead atoms. The molecule has 2 rings (SSSR count). The van der Waals surface area contributed by atoms with Crippen LogP contribution in [0.5, 0.6) is 5.88 Å². The van der Waals surface area contributed by atoms with E-state index >= 15 is 0 Å². The SMILES string of the molecule is CC(C)(C)OC(=O)N1CCC[C@@H](Oc2cc(Cl)ncn2)C1. The molecule has 1 amide bonds. The molecule has 7 heteroatoms. The van der Waals surface area contributed by atoms with Crippen LogP contribution in [0.2, 0.25) is 5.15 Å². The standard InChI is InChI=1S/C14H20ClN3O3/c1-14(2,3)21-13(19)18-6-4-5-10(8-18)20-12-7-11(15)16-9-17-12/h7,9-10H,4-6,8H2,1-3H3/t10-/m1/s1. The van der Waals surface area contributed by atoms with Crippen LogP contribution < -0.4 is 4.74 Å². The number of amides is 1.